The van der Waals surface area contributed by atoms with Crippen molar-refractivity contribution in [3.8, 4) is 5.75 Å². The van der Waals surface area contributed by atoms with E-state index in [9.17, 15) is 9.59 Å². The fourth-order valence-electron chi connectivity index (χ4n) is 2.17. The molecule has 0 saturated carbocycles. The largest absolute Gasteiger partial charge is 0.494 e. The van der Waals surface area contributed by atoms with E-state index in [1.807, 2.05) is 31.2 Å². The lowest BCUT2D eigenvalue weighted by molar-refractivity contribution is -0.115. The number of ether oxygens (including phenoxy) is 1. The fourth-order valence-corrected chi connectivity index (χ4v) is 2.17. The van der Waals surface area contributed by atoms with Gasteiger partial charge in [0.1, 0.15) is 5.75 Å². The number of benzene rings is 2. The summed E-state index contributed by atoms with van der Waals surface area (Å²) in [5, 5.41) is 6.00. The van der Waals surface area contributed by atoms with Crippen LogP contribution in [-0.2, 0) is 4.79 Å². The van der Waals surface area contributed by atoms with E-state index in [2.05, 4.69) is 10.6 Å². The Morgan fingerprint density at radius 2 is 1.58 bits per heavy atom. The summed E-state index contributed by atoms with van der Waals surface area (Å²) < 4.78 is 5.38. The summed E-state index contributed by atoms with van der Waals surface area (Å²) >= 11 is 0. The highest BCUT2D eigenvalue weighted by molar-refractivity contribution is 5.95. The standard InChI is InChI=1S/C19H22N2O3/c1-3-24-18-10-8-16(9-11-18)20-13-12-19(23)21-17-6-4-15(5-7-17)14(2)22/h4-11,20H,3,12-13H2,1-2H3,(H,21,23). The summed E-state index contributed by atoms with van der Waals surface area (Å²) in [6.45, 7) is 4.63. The second-order valence-corrected chi connectivity index (χ2v) is 5.32. The maximum absolute atomic E-state index is 11.9. The van der Waals surface area contributed by atoms with Crippen LogP contribution in [0.25, 0.3) is 0 Å². The molecule has 24 heavy (non-hydrogen) atoms. The van der Waals surface area contributed by atoms with Crippen LogP contribution < -0.4 is 15.4 Å². The Morgan fingerprint density at radius 3 is 2.17 bits per heavy atom. The molecule has 0 saturated heterocycles. The topological polar surface area (TPSA) is 67.4 Å². The molecule has 5 nitrogen and oxygen atoms in total. The number of hydrogen-bond donors (Lipinski definition) is 2. The van der Waals surface area contributed by atoms with E-state index < -0.39 is 0 Å². The number of rotatable bonds is 8. The zero-order valence-corrected chi connectivity index (χ0v) is 14.0. The van der Waals surface area contributed by atoms with Gasteiger partial charge in [-0.1, -0.05) is 0 Å². The highest BCUT2D eigenvalue weighted by Crippen LogP contribution is 2.15. The average molecular weight is 326 g/mol. The van der Waals surface area contributed by atoms with E-state index >= 15 is 0 Å². The lowest BCUT2D eigenvalue weighted by Gasteiger charge is -2.09. The van der Waals surface area contributed by atoms with Crippen molar-refractivity contribution >= 4 is 23.1 Å². The van der Waals surface area contributed by atoms with Gasteiger partial charge < -0.3 is 15.4 Å². The van der Waals surface area contributed by atoms with Gasteiger partial charge in [-0.05, 0) is 62.4 Å². The van der Waals surface area contributed by atoms with Gasteiger partial charge in [0, 0.05) is 29.9 Å². The Balaban J connectivity index is 1.75. The molecule has 2 aromatic carbocycles. The quantitative estimate of drug-likeness (QED) is 0.725. The lowest BCUT2D eigenvalue weighted by atomic mass is 10.1. The number of hydrogen-bond acceptors (Lipinski definition) is 4. The molecule has 0 radical (unpaired) electrons. The van der Waals surface area contributed by atoms with Crippen LogP contribution in [0.15, 0.2) is 48.5 Å². The van der Waals surface area contributed by atoms with Crippen LogP contribution in [0.2, 0.25) is 0 Å². The molecule has 2 N–H and O–H groups in total. The number of amides is 1. The number of carbonyl (C=O) groups is 2. The van der Waals surface area contributed by atoms with Crippen LogP contribution in [0.4, 0.5) is 11.4 Å². The first-order chi connectivity index (χ1) is 11.6. The predicted octanol–water partition coefficient (Wildman–Crippen LogP) is 3.73. The summed E-state index contributed by atoms with van der Waals surface area (Å²) in [5.41, 5.74) is 2.26. The normalized spacial score (nSPS) is 10.1. The zero-order chi connectivity index (χ0) is 17.4. The van der Waals surface area contributed by atoms with Crippen molar-refractivity contribution < 1.29 is 14.3 Å². The van der Waals surface area contributed by atoms with Crippen LogP contribution in [0.1, 0.15) is 30.6 Å². The molecule has 0 atom stereocenters. The monoisotopic (exact) mass is 326 g/mol. The molecule has 0 fully saturated rings. The molecule has 0 aliphatic carbocycles. The van der Waals surface area contributed by atoms with Gasteiger partial charge in [-0.3, -0.25) is 9.59 Å². The molecular weight excluding hydrogens is 304 g/mol. The molecule has 0 unspecified atom stereocenters. The summed E-state index contributed by atoms with van der Waals surface area (Å²) in [4.78, 5) is 23.1. The maximum atomic E-state index is 11.9. The van der Waals surface area contributed by atoms with Crippen molar-refractivity contribution in [1.29, 1.82) is 0 Å². The van der Waals surface area contributed by atoms with Crippen LogP contribution in [0.5, 0.6) is 5.75 Å². The third-order valence-corrected chi connectivity index (χ3v) is 3.42. The van der Waals surface area contributed by atoms with Crippen molar-refractivity contribution in [3.63, 3.8) is 0 Å². The van der Waals surface area contributed by atoms with Crippen molar-refractivity contribution in [2.45, 2.75) is 20.3 Å². The maximum Gasteiger partial charge on any atom is 0.226 e. The summed E-state index contributed by atoms with van der Waals surface area (Å²) in [5.74, 6) is 0.756. The average Bonchev–Trinajstić information content (AvgIpc) is 2.57. The molecular formula is C19H22N2O3. The molecule has 126 valence electrons. The van der Waals surface area contributed by atoms with Gasteiger partial charge in [-0.2, -0.15) is 0 Å². The summed E-state index contributed by atoms with van der Waals surface area (Å²) in [7, 11) is 0. The third kappa shape index (κ3) is 5.43. The van der Waals surface area contributed by atoms with Gasteiger partial charge in [-0.25, -0.2) is 0 Å². The van der Waals surface area contributed by atoms with E-state index in [0.717, 1.165) is 11.4 Å². The minimum absolute atomic E-state index is 0.00688. The molecule has 0 aliphatic heterocycles. The van der Waals surface area contributed by atoms with Crippen LogP contribution in [0.3, 0.4) is 0 Å². The molecule has 1 amide bonds. The smallest absolute Gasteiger partial charge is 0.226 e. The van der Waals surface area contributed by atoms with Crippen LogP contribution in [0, 0.1) is 0 Å². The lowest BCUT2D eigenvalue weighted by Crippen LogP contribution is -2.16. The number of ketones is 1. The summed E-state index contributed by atoms with van der Waals surface area (Å²) in [6.07, 6.45) is 0.349. The van der Waals surface area contributed by atoms with Crippen LogP contribution >= 0.6 is 0 Å². The van der Waals surface area contributed by atoms with Gasteiger partial charge in [0.15, 0.2) is 5.78 Å². The fraction of sp³-hybridized carbons (Fsp3) is 0.263. The molecule has 5 heteroatoms. The second kappa shape index (κ2) is 8.72. The molecule has 0 aliphatic rings. The Bertz CT molecular complexity index is 679. The Morgan fingerprint density at radius 1 is 0.958 bits per heavy atom. The third-order valence-electron chi connectivity index (χ3n) is 3.42. The highest BCUT2D eigenvalue weighted by Gasteiger charge is 2.04. The minimum Gasteiger partial charge on any atom is -0.494 e. The van der Waals surface area contributed by atoms with Crippen molar-refractivity contribution in [3.05, 3.63) is 54.1 Å². The first kappa shape index (κ1) is 17.5. The predicted molar refractivity (Wildman–Crippen MR) is 95.8 cm³/mol. The Kier molecular flexibility index (Phi) is 6.37. The molecule has 0 spiro atoms. The molecule has 0 heterocycles. The van der Waals surface area contributed by atoms with Crippen molar-refractivity contribution in [1.82, 2.24) is 0 Å². The SMILES string of the molecule is CCOc1ccc(NCCC(=O)Nc2ccc(C(C)=O)cc2)cc1. The van der Waals surface area contributed by atoms with Gasteiger partial charge in [-0.15, -0.1) is 0 Å². The van der Waals surface area contributed by atoms with E-state index in [0.29, 0.717) is 30.8 Å². The molecule has 0 aromatic heterocycles. The number of carbonyl (C=O) groups excluding carboxylic acids is 2. The van der Waals surface area contributed by atoms with Gasteiger partial charge >= 0.3 is 0 Å². The Labute approximate surface area is 142 Å². The minimum atomic E-state index is -0.0796. The van der Waals surface area contributed by atoms with Gasteiger partial charge in [0.05, 0.1) is 6.61 Å². The second-order valence-electron chi connectivity index (χ2n) is 5.32. The molecule has 2 aromatic rings. The van der Waals surface area contributed by atoms with E-state index in [-0.39, 0.29) is 11.7 Å². The zero-order valence-electron chi connectivity index (χ0n) is 14.0. The number of nitrogens with one attached hydrogen (secondary N) is 2. The Hall–Kier alpha value is -2.82. The van der Waals surface area contributed by atoms with Crippen molar-refractivity contribution in [2.24, 2.45) is 0 Å². The number of Topliss-reactive ketones (excluding diaryl/α,β-unsaturated/α-hetero) is 1. The van der Waals surface area contributed by atoms with Crippen molar-refractivity contribution in [2.75, 3.05) is 23.8 Å². The number of anilines is 2. The highest BCUT2D eigenvalue weighted by atomic mass is 16.5. The van der Waals surface area contributed by atoms with E-state index in [1.54, 1.807) is 24.3 Å². The van der Waals surface area contributed by atoms with E-state index in [1.165, 1.54) is 6.92 Å². The van der Waals surface area contributed by atoms with Gasteiger partial charge in [0.2, 0.25) is 5.91 Å². The van der Waals surface area contributed by atoms with Crippen LogP contribution in [-0.4, -0.2) is 24.8 Å². The first-order valence-electron chi connectivity index (χ1n) is 7.96. The summed E-state index contributed by atoms with van der Waals surface area (Å²) in [6, 6.07) is 14.5. The molecule has 2 rings (SSSR count). The van der Waals surface area contributed by atoms with Gasteiger partial charge in [0.25, 0.3) is 0 Å². The first-order valence-corrected chi connectivity index (χ1v) is 7.96. The van der Waals surface area contributed by atoms with E-state index in [4.69, 9.17) is 4.74 Å². The molecule has 0 bridgehead atoms.